The van der Waals surface area contributed by atoms with E-state index >= 15 is 0 Å². The molecule has 2 aromatic carbocycles. The van der Waals surface area contributed by atoms with Gasteiger partial charge in [0.25, 0.3) is 5.91 Å². The van der Waals surface area contributed by atoms with Crippen LogP contribution >= 0.6 is 23.2 Å². The molecule has 1 unspecified atom stereocenters. The van der Waals surface area contributed by atoms with E-state index in [0.29, 0.717) is 48.0 Å². The number of rotatable bonds is 9. The molecule has 2 saturated heterocycles. The summed E-state index contributed by atoms with van der Waals surface area (Å²) in [6.45, 7) is 3.43. The van der Waals surface area contributed by atoms with Gasteiger partial charge in [-0.05, 0) is 68.5 Å². The summed E-state index contributed by atoms with van der Waals surface area (Å²) in [6, 6.07) is 15.0. The molecule has 0 saturated carbocycles. The van der Waals surface area contributed by atoms with E-state index in [1.807, 2.05) is 54.4 Å². The molecular weight excluding hydrogens is 535 g/mol. The Bertz CT molecular complexity index is 1170. The Kier molecular flexibility index (Phi) is 9.91. The first kappa shape index (κ1) is 29.4. The van der Waals surface area contributed by atoms with Crippen LogP contribution in [0.5, 0.6) is 0 Å². The topological polar surface area (TPSA) is 73.0 Å². The minimum absolute atomic E-state index is 0.0276. The molecule has 1 N–H and O–H groups in total. The fraction of sp³-hybridized carbons (Fsp3) is 0.500. The summed E-state index contributed by atoms with van der Waals surface area (Å²) in [6.07, 6.45) is 4.38. The number of hydrogen-bond acceptors (Lipinski definition) is 4. The smallest absolute Gasteiger partial charge is 0.253 e. The van der Waals surface area contributed by atoms with Crippen molar-refractivity contribution in [3.63, 3.8) is 0 Å². The summed E-state index contributed by atoms with van der Waals surface area (Å²) < 4.78 is 0. The molecule has 1 atom stereocenters. The number of halogens is 2. The Hall–Kier alpha value is -2.61. The van der Waals surface area contributed by atoms with E-state index in [4.69, 9.17) is 23.2 Å². The first-order valence-corrected chi connectivity index (χ1v) is 14.5. The van der Waals surface area contributed by atoms with Crippen molar-refractivity contribution < 1.29 is 14.4 Å². The number of likely N-dealkylation sites (N-methyl/N-ethyl adjacent to an activating group) is 2. The van der Waals surface area contributed by atoms with Crippen LogP contribution in [0.3, 0.4) is 0 Å². The average Bonchev–Trinajstić information content (AvgIpc) is 2.96. The third-order valence-electron chi connectivity index (χ3n) is 8.24. The van der Waals surface area contributed by atoms with Crippen LogP contribution in [0.1, 0.15) is 60.4 Å². The summed E-state index contributed by atoms with van der Waals surface area (Å²) in [7, 11) is 3.48. The minimum Gasteiger partial charge on any atom is -0.357 e. The molecule has 4 rings (SSSR count). The first-order chi connectivity index (χ1) is 18.7. The van der Waals surface area contributed by atoms with E-state index in [1.165, 1.54) is 0 Å². The molecule has 39 heavy (non-hydrogen) atoms. The SMILES string of the molecule is CNC(=O)C1(N2CCCCC2=O)CCN(CCC(CN(C)C(=O)c2ccccc2)c2ccc(Cl)c(Cl)c2)CC1. The summed E-state index contributed by atoms with van der Waals surface area (Å²) in [5.41, 5.74) is 0.920. The second kappa shape index (κ2) is 13.2. The highest BCUT2D eigenvalue weighted by Crippen LogP contribution is 2.34. The Balaban J connectivity index is 1.45. The molecular formula is C30H38Cl2N4O3. The Morgan fingerprint density at radius 3 is 2.38 bits per heavy atom. The minimum atomic E-state index is -0.770. The van der Waals surface area contributed by atoms with Gasteiger partial charge in [0.2, 0.25) is 11.8 Å². The molecule has 0 aliphatic carbocycles. The molecule has 2 fully saturated rings. The number of amides is 3. The lowest BCUT2D eigenvalue weighted by Gasteiger charge is -2.48. The fourth-order valence-electron chi connectivity index (χ4n) is 5.94. The lowest BCUT2D eigenvalue weighted by molar-refractivity contribution is -0.153. The molecule has 0 spiro atoms. The number of carbonyl (C=O) groups is 3. The summed E-state index contributed by atoms with van der Waals surface area (Å²) in [4.78, 5) is 44.9. The largest absolute Gasteiger partial charge is 0.357 e. The molecule has 9 heteroatoms. The zero-order valence-corrected chi connectivity index (χ0v) is 24.3. The van der Waals surface area contributed by atoms with Gasteiger partial charge in [-0.25, -0.2) is 0 Å². The second-order valence-corrected chi connectivity index (χ2v) is 11.5. The van der Waals surface area contributed by atoms with Gasteiger partial charge in [0, 0.05) is 58.2 Å². The van der Waals surface area contributed by atoms with E-state index in [-0.39, 0.29) is 23.6 Å². The second-order valence-electron chi connectivity index (χ2n) is 10.7. The van der Waals surface area contributed by atoms with Crippen molar-refractivity contribution >= 4 is 40.9 Å². The van der Waals surface area contributed by atoms with Crippen LogP contribution in [0.2, 0.25) is 10.0 Å². The molecule has 2 aliphatic heterocycles. The van der Waals surface area contributed by atoms with Crippen LogP contribution in [0, 0.1) is 0 Å². The molecule has 3 amide bonds. The number of benzene rings is 2. The van der Waals surface area contributed by atoms with Gasteiger partial charge in [0.1, 0.15) is 5.54 Å². The molecule has 0 bridgehead atoms. The number of nitrogens with zero attached hydrogens (tertiary/aromatic N) is 3. The lowest BCUT2D eigenvalue weighted by Crippen LogP contribution is -2.65. The van der Waals surface area contributed by atoms with Crippen LogP contribution in [-0.4, -0.2) is 84.8 Å². The number of hydrogen-bond donors (Lipinski definition) is 1. The fourth-order valence-corrected chi connectivity index (χ4v) is 6.25. The molecule has 0 radical (unpaired) electrons. The van der Waals surface area contributed by atoms with Gasteiger partial charge in [0.05, 0.1) is 10.0 Å². The van der Waals surface area contributed by atoms with E-state index in [2.05, 4.69) is 10.2 Å². The zero-order chi connectivity index (χ0) is 28.0. The molecule has 0 aromatic heterocycles. The van der Waals surface area contributed by atoms with E-state index in [0.717, 1.165) is 44.5 Å². The van der Waals surface area contributed by atoms with Crippen LogP contribution in [-0.2, 0) is 9.59 Å². The highest BCUT2D eigenvalue weighted by atomic mass is 35.5. The third-order valence-corrected chi connectivity index (χ3v) is 8.98. The Morgan fingerprint density at radius 1 is 1.03 bits per heavy atom. The van der Waals surface area contributed by atoms with Crippen LogP contribution in [0.25, 0.3) is 0 Å². The number of carbonyl (C=O) groups excluding carboxylic acids is 3. The number of likely N-dealkylation sites (tertiary alicyclic amines) is 2. The van der Waals surface area contributed by atoms with Crippen molar-refractivity contribution in [1.82, 2.24) is 20.0 Å². The van der Waals surface area contributed by atoms with Crippen molar-refractivity contribution in [2.75, 3.05) is 46.8 Å². The maximum atomic E-state index is 13.1. The predicted octanol–water partition coefficient (Wildman–Crippen LogP) is 4.83. The lowest BCUT2D eigenvalue weighted by atomic mass is 9.82. The van der Waals surface area contributed by atoms with Crippen molar-refractivity contribution in [3.8, 4) is 0 Å². The van der Waals surface area contributed by atoms with Crippen molar-refractivity contribution in [2.45, 2.75) is 50.0 Å². The van der Waals surface area contributed by atoms with Gasteiger partial charge < -0.3 is 20.0 Å². The molecule has 2 heterocycles. The monoisotopic (exact) mass is 572 g/mol. The molecule has 210 valence electrons. The third kappa shape index (κ3) is 6.76. The van der Waals surface area contributed by atoms with Crippen LogP contribution < -0.4 is 5.32 Å². The van der Waals surface area contributed by atoms with Crippen LogP contribution in [0.15, 0.2) is 48.5 Å². The maximum absolute atomic E-state index is 13.1. The molecule has 2 aromatic rings. The quantitative estimate of drug-likeness (QED) is 0.467. The van der Waals surface area contributed by atoms with Gasteiger partial charge in [-0.2, -0.15) is 0 Å². The standard InChI is InChI=1S/C30H38Cl2N4O3/c1-33-29(39)30(36-16-7-6-10-27(36)37)14-18-35(19-15-30)17-13-24(23-11-12-25(31)26(32)20-23)21-34(2)28(38)22-8-4-3-5-9-22/h3-5,8-9,11-12,20,24H,6-7,10,13-19,21H2,1-2H3,(H,33,39). The van der Waals surface area contributed by atoms with E-state index in [1.54, 1.807) is 18.0 Å². The van der Waals surface area contributed by atoms with E-state index in [9.17, 15) is 14.4 Å². The highest BCUT2D eigenvalue weighted by Gasteiger charge is 2.48. The molecule has 2 aliphatic rings. The van der Waals surface area contributed by atoms with E-state index < -0.39 is 5.54 Å². The first-order valence-electron chi connectivity index (χ1n) is 13.8. The maximum Gasteiger partial charge on any atom is 0.253 e. The highest BCUT2D eigenvalue weighted by molar-refractivity contribution is 6.42. The Labute approximate surface area is 241 Å². The zero-order valence-electron chi connectivity index (χ0n) is 22.8. The van der Waals surface area contributed by atoms with Gasteiger partial charge in [-0.3, -0.25) is 14.4 Å². The summed E-state index contributed by atoms with van der Waals surface area (Å²) in [5.74, 6) is 0.0446. The van der Waals surface area contributed by atoms with Gasteiger partial charge in [-0.1, -0.05) is 47.5 Å². The van der Waals surface area contributed by atoms with Crippen molar-refractivity contribution in [3.05, 3.63) is 69.7 Å². The van der Waals surface area contributed by atoms with Crippen molar-refractivity contribution in [2.24, 2.45) is 0 Å². The van der Waals surface area contributed by atoms with Crippen LogP contribution in [0.4, 0.5) is 0 Å². The summed E-state index contributed by atoms with van der Waals surface area (Å²) in [5, 5.41) is 3.82. The van der Waals surface area contributed by atoms with Gasteiger partial charge in [-0.15, -0.1) is 0 Å². The normalized spacial score (nSPS) is 18.5. The predicted molar refractivity (Wildman–Crippen MR) is 155 cm³/mol. The van der Waals surface area contributed by atoms with Gasteiger partial charge >= 0.3 is 0 Å². The van der Waals surface area contributed by atoms with Gasteiger partial charge in [0.15, 0.2) is 0 Å². The van der Waals surface area contributed by atoms with Crippen molar-refractivity contribution in [1.29, 1.82) is 0 Å². The number of nitrogens with one attached hydrogen (secondary N) is 1. The summed E-state index contributed by atoms with van der Waals surface area (Å²) >= 11 is 12.6. The number of piperidine rings is 2. The Morgan fingerprint density at radius 2 is 1.74 bits per heavy atom. The molecule has 7 nitrogen and oxygen atoms in total. The average molecular weight is 574 g/mol.